The summed E-state index contributed by atoms with van der Waals surface area (Å²) in [5.41, 5.74) is 10.8. The average Bonchev–Trinajstić information content (AvgIpc) is 3.58. The molecule has 6 rings (SSSR count). The molecular weight excluding hydrogens is 504 g/mol. The van der Waals surface area contributed by atoms with Crippen LogP contribution in [-0.2, 0) is 38.8 Å². The Morgan fingerprint density at radius 1 is 0.725 bits per heavy atom. The molecule has 8 heteroatoms. The Labute approximate surface area is 233 Å². The van der Waals surface area contributed by atoms with Crippen molar-refractivity contribution >= 4 is 11.5 Å². The van der Waals surface area contributed by atoms with Crippen molar-refractivity contribution in [3.63, 3.8) is 0 Å². The summed E-state index contributed by atoms with van der Waals surface area (Å²) in [7, 11) is 0. The monoisotopic (exact) mass is 536 g/mol. The highest BCUT2D eigenvalue weighted by atomic mass is 16.6. The SMILES string of the molecule is Nc1nccn2c([C@@H]3O[C@H](COCc4ccccc4)[C@@H](OCc4ccccc4)[C@H]3OCc3ccccc3)cnc12. The molecule has 1 saturated heterocycles. The maximum atomic E-state index is 6.70. The van der Waals surface area contributed by atoms with Crippen molar-refractivity contribution < 1.29 is 18.9 Å². The number of ether oxygens (including phenoxy) is 4. The van der Waals surface area contributed by atoms with E-state index in [1.807, 2.05) is 102 Å². The minimum atomic E-state index is -0.466. The average molecular weight is 537 g/mol. The molecular formula is C32H32N4O4. The first-order chi connectivity index (χ1) is 19.8. The van der Waals surface area contributed by atoms with Crippen LogP contribution in [0.25, 0.3) is 5.65 Å². The molecule has 2 aromatic heterocycles. The Morgan fingerprint density at radius 3 is 1.93 bits per heavy atom. The molecule has 3 aromatic carbocycles. The Balaban J connectivity index is 1.29. The van der Waals surface area contributed by atoms with E-state index in [1.165, 1.54) is 0 Å². The molecule has 1 fully saturated rings. The molecule has 1 aliphatic heterocycles. The fourth-order valence-corrected chi connectivity index (χ4v) is 5.05. The first kappa shape index (κ1) is 26.2. The number of hydrogen-bond donors (Lipinski definition) is 1. The number of fused-ring (bicyclic) bond motifs is 1. The van der Waals surface area contributed by atoms with Gasteiger partial charge in [-0.1, -0.05) is 91.0 Å². The number of nitrogen functional groups attached to an aromatic ring is 1. The fourth-order valence-electron chi connectivity index (χ4n) is 5.05. The van der Waals surface area contributed by atoms with Crippen molar-refractivity contribution in [2.75, 3.05) is 12.3 Å². The van der Waals surface area contributed by atoms with Gasteiger partial charge in [0.05, 0.1) is 38.3 Å². The van der Waals surface area contributed by atoms with Crippen molar-refractivity contribution in [3.05, 3.63) is 132 Å². The number of hydrogen-bond acceptors (Lipinski definition) is 7. The van der Waals surface area contributed by atoms with Crippen LogP contribution >= 0.6 is 0 Å². The molecule has 0 bridgehead atoms. The van der Waals surface area contributed by atoms with E-state index in [0.29, 0.717) is 37.9 Å². The number of nitrogens with zero attached hydrogens (tertiary/aromatic N) is 3. The predicted octanol–water partition coefficient (Wildman–Crippen LogP) is 5.14. The lowest BCUT2D eigenvalue weighted by Gasteiger charge is -2.25. The van der Waals surface area contributed by atoms with Crippen molar-refractivity contribution in [1.82, 2.24) is 14.4 Å². The molecule has 0 radical (unpaired) electrons. The second-order valence-electron chi connectivity index (χ2n) is 9.81. The summed E-state index contributed by atoms with van der Waals surface area (Å²) in [5.74, 6) is 0.355. The number of nitrogens with two attached hydrogens (primary N) is 1. The van der Waals surface area contributed by atoms with E-state index in [0.717, 1.165) is 22.4 Å². The van der Waals surface area contributed by atoms with Gasteiger partial charge in [0.25, 0.3) is 0 Å². The smallest absolute Gasteiger partial charge is 0.180 e. The molecule has 0 saturated carbocycles. The molecule has 1 aliphatic rings. The number of anilines is 1. The van der Waals surface area contributed by atoms with Gasteiger partial charge in [-0.15, -0.1) is 0 Å². The zero-order valence-corrected chi connectivity index (χ0v) is 22.1. The Hall–Kier alpha value is -4.08. The Bertz CT molecular complexity index is 1500. The van der Waals surface area contributed by atoms with Crippen molar-refractivity contribution in [1.29, 1.82) is 0 Å². The van der Waals surface area contributed by atoms with Gasteiger partial charge in [0.2, 0.25) is 0 Å². The summed E-state index contributed by atoms with van der Waals surface area (Å²) < 4.78 is 27.9. The molecule has 4 atom stereocenters. The van der Waals surface area contributed by atoms with E-state index in [-0.39, 0.29) is 6.10 Å². The van der Waals surface area contributed by atoms with Crippen molar-refractivity contribution in [2.24, 2.45) is 0 Å². The Kier molecular flexibility index (Phi) is 8.11. The molecule has 0 spiro atoms. The third-order valence-corrected chi connectivity index (χ3v) is 7.05. The van der Waals surface area contributed by atoms with E-state index in [9.17, 15) is 0 Å². The molecule has 0 amide bonds. The summed E-state index contributed by atoms with van der Waals surface area (Å²) in [6.45, 7) is 1.65. The van der Waals surface area contributed by atoms with Gasteiger partial charge < -0.3 is 24.7 Å². The normalized spacial score (nSPS) is 20.7. The molecule has 0 aliphatic carbocycles. The maximum absolute atomic E-state index is 6.70. The quantitative estimate of drug-likeness (QED) is 0.250. The minimum absolute atomic E-state index is 0.344. The van der Waals surface area contributed by atoms with Crippen LogP contribution in [0.5, 0.6) is 0 Å². The van der Waals surface area contributed by atoms with E-state index in [1.54, 1.807) is 12.4 Å². The first-order valence-corrected chi connectivity index (χ1v) is 13.4. The van der Waals surface area contributed by atoms with E-state index >= 15 is 0 Å². The molecule has 3 heterocycles. The minimum Gasteiger partial charge on any atom is -0.381 e. The number of benzene rings is 3. The zero-order valence-electron chi connectivity index (χ0n) is 22.1. The van der Waals surface area contributed by atoms with Crippen LogP contribution in [0.3, 0.4) is 0 Å². The first-order valence-electron chi connectivity index (χ1n) is 13.4. The van der Waals surface area contributed by atoms with Crippen LogP contribution in [0, 0.1) is 0 Å². The highest BCUT2D eigenvalue weighted by molar-refractivity contribution is 5.60. The molecule has 8 nitrogen and oxygen atoms in total. The predicted molar refractivity (Wildman–Crippen MR) is 151 cm³/mol. The summed E-state index contributed by atoms with van der Waals surface area (Å²) in [5, 5.41) is 0. The van der Waals surface area contributed by atoms with E-state index < -0.39 is 18.3 Å². The summed E-state index contributed by atoms with van der Waals surface area (Å²) in [6, 6.07) is 30.3. The lowest BCUT2D eigenvalue weighted by molar-refractivity contribution is -0.0898. The second-order valence-corrected chi connectivity index (χ2v) is 9.81. The molecule has 5 aromatic rings. The largest absolute Gasteiger partial charge is 0.381 e. The Morgan fingerprint density at radius 2 is 1.30 bits per heavy atom. The van der Waals surface area contributed by atoms with Gasteiger partial charge in [-0.2, -0.15) is 0 Å². The van der Waals surface area contributed by atoms with Crippen LogP contribution in [0.2, 0.25) is 0 Å². The zero-order chi connectivity index (χ0) is 27.1. The second kappa shape index (κ2) is 12.4. The molecule has 40 heavy (non-hydrogen) atoms. The topological polar surface area (TPSA) is 93.1 Å². The summed E-state index contributed by atoms with van der Waals surface area (Å²) in [4.78, 5) is 8.71. The summed E-state index contributed by atoms with van der Waals surface area (Å²) >= 11 is 0. The van der Waals surface area contributed by atoms with Crippen LogP contribution in [-0.4, -0.2) is 39.3 Å². The van der Waals surface area contributed by atoms with E-state index in [4.69, 9.17) is 24.7 Å². The van der Waals surface area contributed by atoms with Crippen LogP contribution in [0.1, 0.15) is 28.5 Å². The van der Waals surface area contributed by atoms with Gasteiger partial charge in [0.1, 0.15) is 24.4 Å². The third kappa shape index (κ3) is 5.90. The maximum Gasteiger partial charge on any atom is 0.180 e. The lowest BCUT2D eigenvalue weighted by Crippen LogP contribution is -2.38. The van der Waals surface area contributed by atoms with Gasteiger partial charge in [0.15, 0.2) is 11.5 Å². The molecule has 2 N–H and O–H groups in total. The van der Waals surface area contributed by atoms with Crippen LogP contribution in [0.4, 0.5) is 5.82 Å². The number of rotatable bonds is 11. The fraction of sp³-hybridized carbons (Fsp3) is 0.250. The van der Waals surface area contributed by atoms with Crippen LogP contribution < -0.4 is 5.73 Å². The molecule has 204 valence electrons. The highest BCUT2D eigenvalue weighted by Gasteiger charge is 2.48. The summed E-state index contributed by atoms with van der Waals surface area (Å²) in [6.07, 6.45) is 3.61. The van der Waals surface area contributed by atoms with Crippen molar-refractivity contribution in [2.45, 2.75) is 44.2 Å². The van der Waals surface area contributed by atoms with Gasteiger partial charge in [-0.05, 0) is 16.7 Å². The number of imidazole rings is 1. The van der Waals surface area contributed by atoms with Gasteiger partial charge in [-0.25, -0.2) is 9.97 Å². The lowest BCUT2D eigenvalue weighted by atomic mass is 10.0. The van der Waals surface area contributed by atoms with Gasteiger partial charge in [0, 0.05) is 12.4 Å². The standard InChI is InChI=1S/C32H32N4O4/c33-31-32-35-18-26(36(32)17-16-34-31)28-30(39-21-25-14-8-3-9-15-25)29(38-20-24-12-6-2-7-13-24)27(40-28)22-37-19-23-10-4-1-5-11-23/h1-18,27-30H,19-22H2,(H2,33,34)/t27-,28+,29-,30+/m1/s1. The van der Waals surface area contributed by atoms with Crippen LogP contribution in [0.15, 0.2) is 110 Å². The highest BCUT2D eigenvalue weighted by Crippen LogP contribution is 2.39. The molecule has 0 unspecified atom stereocenters. The van der Waals surface area contributed by atoms with Gasteiger partial charge in [-0.3, -0.25) is 4.40 Å². The van der Waals surface area contributed by atoms with Crippen molar-refractivity contribution in [3.8, 4) is 0 Å². The third-order valence-electron chi connectivity index (χ3n) is 7.05. The van der Waals surface area contributed by atoms with Gasteiger partial charge >= 0.3 is 0 Å². The van der Waals surface area contributed by atoms with E-state index in [2.05, 4.69) is 9.97 Å². The number of aromatic nitrogens is 3.